The molecule has 0 heterocycles. The summed E-state index contributed by atoms with van der Waals surface area (Å²) < 4.78 is 0. The fraction of sp³-hybridized carbons (Fsp3) is 0.200. The maximum Gasteiger partial charge on any atom is 0.138 e. The van der Waals surface area contributed by atoms with Gasteiger partial charge in [0.1, 0.15) is 7.28 Å². The Bertz CT molecular complexity index is 953. The Morgan fingerprint density at radius 2 is 1.46 bits per heavy atom. The third kappa shape index (κ3) is 1.98. The van der Waals surface area contributed by atoms with Gasteiger partial charge in [0.15, 0.2) is 0 Å². The molecule has 26 heavy (non-hydrogen) atoms. The maximum absolute atomic E-state index is 2.31. The van der Waals surface area contributed by atoms with Crippen LogP contribution in [0.3, 0.4) is 0 Å². The number of allylic oxidation sites excluding steroid dienone is 7. The lowest BCUT2D eigenvalue weighted by molar-refractivity contribution is 0.780. The zero-order valence-electron chi connectivity index (χ0n) is 16.0. The third-order valence-corrected chi connectivity index (χ3v) is 5.81. The molecule has 0 bridgehead atoms. The monoisotopic (exact) mass is 335 g/mol. The molecular formula is C25H24B. The van der Waals surface area contributed by atoms with Crippen LogP contribution >= 0.6 is 0 Å². The second-order valence-corrected chi connectivity index (χ2v) is 7.00. The predicted octanol–water partition coefficient (Wildman–Crippen LogP) is 6.44. The number of benzene rings is 2. The van der Waals surface area contributed by atoms with Gasteiger partial charge in [-0.15, -0.1) is 5.98 Å². The van der Waals surface area contributed by atoms with E-state index in [9.17, 15) is 0 Å². The summed E-state index contributed by atoms with van der Waals surface area (Å²) in [6, 6.07) is 17.8. The van der Waals surface area contributed by atoms with Crippen molar-refractivity contribution in [1.29, 1.82) is 0 Å². The molecule has 1 heteroatoms. The van der Waals surface area contributed by atoms with Gasteiger partial charge >= 0.3 is 0 Å². The molecule has 0 aliphatic heterocycles. The van der Waals surface area contributed by atoms with Crippen molar-refractivity contribution in [2.45, 2.75) is 33.0 Å². The molecule has 0 aromatic heterocycles. The molecular weight excluding hydrogens is 311 g/mol. The van der Waals surface area contributed by atoms with Gasteiger partial charge in [-0.2, -0.15) is 0 Å². The van der Waals surface area contributed by atoms with Gasteiger partial charge in [-0.05, 0) is 65.3 Å². The third-order valence-electron chi connectivity index (χ3n) is 5.81. The van der Waals surface area contributed by atoms with Gasteiger partial charge in [-0.25, -0.2) is 0 Å². The van der Waals surface area contributed by atoms with E-state index in [0.29, 0.717) is 0 Å². The number of hydrogen-bond donors (Lipinski definition) is 0. The Labute approximate surface area is 157 Å². The van der Waals surface area contributed by atoms with E-state index in [-0.39, 0.29) is 5.41 Å². The highest BCUT2D eigenvalue weighted by Gasteiger charge is 2.52. The second kappa shape index (κ2) is 6.32. The Morgan fingerprint density at radius 1 is 0.885 bits per heavy atom. The van der Waals surface area contributed by atoms with E-state index in [1.807, 2.05) is 0 Å². The van der Waals surface area contributed by atoms with Crippen LogP contribution in [-0.2, 0) is 5.41 Å². The molecule has 0 unspecified atom stereocenters. The summed E-state index contributed by atoms with van der Waals surface area (Å²) in [5, 5.41) is 0. The molecule has 1 spiro atoms. The Hall–Kier alpha value is -2.54. The average molecular weight is 335 g/mol. The van der Waals surface area contributed by atoms with Crippen LogP contribution in [0.1, 0.15) is 31.9 Å². The predicted molar refractivity (Wildman–Crippen MR) is 114 cm³/mol. The van der Waals surface area contributed by atoms with Crippen molar-refractivity contribution >= 4 is 7.28 Å². The van der Waals surface area contributed by atoms with Crippen molar-refractivity contribution in [2.75, 3.05) is 0 Å². The fourth-order valence-electron chi connectivity index (χ4n) is 4.96. The van der Waals surface area contributed by atoms with E-state index in [1.54, 1.807) is 0 Å². The zero-order chi connectivity index (χ0) is 18.3. The highest BCUT2D eigenvalue weighted by atomic mass is 14.5. The van der Waals surface area contributed by atoms with Crippen LogP contribution in [-0.4, -0.2) is 7.28 Å². The first kappa shape index (κ1) is 16.9. The molecule has 0 amide bonds. The summed E-state index contributed by atoms with van der Waals surface area (Å²) in [4.78, 5) is 0. The van der Waals surface area contributed by atoms with Crippen LogP contribution in [0.15, 0.2) is 95.0 Å². The largest absolute Gasteiger partial charge is 0.138 e. The maximum atomic E-state index is 2.31. The van der Waals surface area contributed by atoms with Crippen LogP contribution in [0.4, 0.5) is 0 Å². The van der Waals surface area contributed by atoms with Crippen LogP contribution in [0.25, 0.3) is 11.1 Å². The number of fused-ring (bicyclic) bond motifs is 5. The highest BCUT2D eigenvalue weighted by molar-refractivity contribution is 6.40. The lowest BCUT2D eigenvalue weighted by Gasteiger charge is -2.32. The summed E-state index contributed by atoms with van der Waals surface area (Å²) in [5.74, 6) is 2.27. The van der Waals surface area contributed by atoms with E-state index < -0.39 is 0 Å². The first-order valence-electron chi connectivity index (χ1n) is 9.42. The van der Waals surface area contributed by atoms with Crippen molar-refractivity contribution in [1.82, 2.24) is 0 Å². The average Bonchev–Trinajstić information content (AvgIpc) is 3.09. The molecule has 0 N–H and O–H groups in total. The van der Waals surface area contributed by atoms with Crippen molar-refractivity contribution in [2.24, 2.45) is 0 Å². The molecule has 2 aromatic carbocycles. The SMILES string of the molecule is C[B]/C=C1C(C)=C(/C=C\C)C2(C/1=C/C)c1ccccc1-c1ccccc12. The van der Waals surface area contributed by atoms with E-state index in [0.717, 1.165) is 0 Å². The summed E-state index contributed by atoms with van der Waals surface area (Å²) in [7, 11) is 2.15. The minimum Gasteiger partial charge on any atom is -0.115 e. The molecule has 0 nitrogen and oxygen atoms in total. The molecule has 2 aliphatic rings. The molecule has 127 valence electrons. The van der Waals surface area contributed by atoms with E-state index in [1.165, 1.54) is 44.5 Å². The minimum absolute atomic E-state index is 0.201. The van der Waals surface area contributed by atoms with Gasteiger partial charge in [0, 0.05) is 0 Å². The normalized spacial score (nSPS) is 20.5. The van der Waals surface area contributed by atoms with E-state index >= 15 is 0 Å². The van der Waals surface area contributed by atoms with Gasteiger partial charge < -0.3 is 0 Å². The smallest absolute Gasteiger partial charge is 0.115 e. The molecule has 1 radical (unpaired) electrons. The number of hydrogen-bond acceptors (Lipinski definition) is 0. The molecule has 4 rings (SSSR count). The molecule has 2 aromatic rings. The van der Waals surface area contributed by atoms with Crippen LogP contribution in [0.5, 0.6) is 0 Å². The lowest BCUT2D eigenvalue weighted by atomic mass is 9.68. The van der Waals surface area contributed by atoms with Gasteiger partial charge in [0.05, 0.1) is 5.41 Å². The zero-order valence-corrected chi connectivity index (χ0v) is 16.0. The fourth-order valence-corrected chi connectivity index (χ4v) is 4.96. The highest BCUT2D eigenvalue weighted by Crippen LogP contribution is 2.62. The summed E-state index contributed by atoms with van der Waals surface area (Å²) in [6.07, 6.45) is 6.80. The second-order valence-electron chi connectivity index (χ2n) is 7.00. The van der Waals surface area contributed by atoms with Crippen molar-refractivity contribution in [3.8, 4) is 11.1 Å². The standard InChI is InChI=1S/C25H24B/c1-5-11-22-17(3)20(16-26-4)21(6-2)25(22)23-14-9-7-12-18(23)19-13-8-10-15-24(19)25/h5-16H,1-4H3/b11-5-,20-16-,21-6+. The first-order valence-corrected chi connectivity index (χ1v) is 9.42. The minimum atomic E-state index is -0.201. The quantitative estimate of drug-likeness (QED) is 0.554. The first-order chi connectivity index (χ1) is 12.7. The lowest BCUT2D eigenvalue weighted by Crippen LogP contribution is -2.27. The Morgan fingerprint density at radius 3 is 1.96 bits per heavy atom. The number of rotatable bonds is 2. The van der Waals surface area contributed by atoms with Gasteiger partial charge in [0.2, 0.25) is 0 Å². The van der Waals surface area contributed by atoms with Crippen molar-refractivity contribution < 1.29 is 0 Å². The molecule has 0 saturated heterocycles. The topological polar surface area (TPSA) is 0 Å². The van der Waals surface area contributed by atoms with Crippen LogP contribution in [0.2, 0.25) is 6.82 Å². The Balaban J connectivity index is 2.20. The van der Waals surface area contributed by atoms with Gasteiger partial charge in [-0.3, -0.25) is 0 Å². The van der Waals surface area contributed by atoms with Gasteiger partial charge in [0.25, 0.3) is 0 Å². The van der Waals surface area contributed by atoms with Crippen molar-refractivity contribution in [3.63, 3.8) is 0 Å². The molecule has 0 saturated carbocycles. The van der Waals surface area contributed by atoms with E-state index in [2.05, 4.69) is 108 Å². The summed E-state index contributed by atoms with van der Waals surface area (Å²) in [6.45, 7) is 8.66. The van der Waals surface area contributed by atoms with Crippen LogP contribution < -0.4 is 0 Å². The summed E-state index contributed by atoms with van der Waals surface area (Å²) >= 11 is 0. The molecule has 0 atom stereocenters. The van der Waals surface area contributed by atoms with E-state index in [4.69, 9.17) is 0 Å². The molecule has 0 fully saturated rings. The Kier molecular flexibility index (Phi) is 4.11. The summed E-state index contributed by atoms with van der Waals surface area (Å²) in [5.41, 5.74) is 10.9. The van der Waals surface area contributed by atoms with Crippen molar-refractivity contribution in [3.05, 3.63) is 106 Å². The van der Waals surface area contributed by atoms with Crippen LogP contribution in [0, 0.1) is 0 Å². The molecule has 2 aliphatic carbocycles. The van der Waals surface area contributed by atoms with Gasteiger partial charge in [-0.1, -0.05) is 73.6 Å².